The number of furan rings is 1. The van der Waals surface area contributed by atoms with Crippen LogP contribution in [0.3, 0.4) is 0 Å². The van der Waals surface area contributed by atoms with Gasteiger partial charge in [0.2, 0.25) is 0 Å². The maximum atomic E-state index is 11.3. The van der Waals surface area contributed by atoms with E-state index in [0.717, 1.165) is 5.76 Å². The van der Waals surface area contributed by atoms with Gasteiger partial charge < -0.3 is 14.9 Å². The minimum absolute atomic E-state index is 0.183. The van der Waals surface area contributed by atoms with Gasteiger partial charge in [0, 0.05) is 6.54 Å². The molecule has 0 aliphatic carbocycles. The lowest BCUT2D eigenvalue weighted by atomic mass is 10.3. The van der Waals surface area contributed by atoms with E-state index in [4.69, 9.17) is 14.9 Å². The molecule has 1 aromatic heterocycles. The largest absolute Gasteiger partial charge is 0.467 e. The Morgan fingerprint density at radius 2 is 2.50 bits per heavy atom. The Morgan fingerprint density at radius 3 is 3.07 bits per heavy atom. The standard InChI is InChI=1S/C9H12N2O3/c10-4-8-6-11(9(12)14-8)5-7-2-1-3-13-7/h1-3,8H,4-6,10H2. The van der Waals surface area contributed by atoms with Crippen LogP contribution in [0.1, 0.15) is 5.76 Å². The molecule has 1 amide bonds. The van der Waals surface area contributed by atoms with Crippen LogP contribution in [0.5, 0.6) is 0 Å². The van der Waals surface area contributed by atoms with Gasteiger partial charge in [-0.3, -0.25) is 4.90 Å². The van der Waals surface area contributed by atoms with Crippen LogP contribution in [0.2, 0.25) is 0 Å². The second-order valence-corrected chi connectivity index (χ2v) is 3.20. The molecule has 5 nitrogen and oxygen atoms in total. The molecule has 1 aromatic rings. The van der Waals surface area contributed by atoms with E-state index in [1.807, 2.05) is 6.07 Å². The van der Waals surface area contributed by atoms with E-state index in [0.29, 0.717) is 19.6 Å². The molecule has 2 N–H and O–H groups in total. The average molecular weight is 196 g/mol. The van der Waals surface area contributed by atoms with Gasteiger partial charge in [0.1, 0.15) is 11.9 Å². The molecule has 1 saturated heterocycles. The second-order valence-electron chi connectivity index (χ2n) is 3.20. The smallest absolute Gasteiger partial charge is 0.410 e. The van der Waals surface area contributed by atoms with E-state index >= 15 is 0 Å². The molecule has 14 heavy (non-hydrogen) atoms. The van der Waals surface area contributed by atoms with E-state index in [1.54, 1.807) is 17.2 Å². The van der Waals surface area contributed by atoms with Crippen LogP contribution in [0, 0.1) is 0 Å². The first-order chi connectivity index (χ1) is 6.79. The summed E-state index contributed by atoms with van der Waals surface area (Å²) in [5.41, 5.74) is 5.40. The molecule has 0 bridgehead atoms. The zero-order chi connectivity index (χ0) is 9.97. The summed E-state index contributed by atoms with van der Waals surface area (Å²) in [4.78, 5) is 12.9. The first-order valence-electron chi connectivity index (χ1n) is 4.47. The van der Waals surface area contributed by atoms with Crippen LogP contribution in [0.15, 0.2) is 22.8 Å². The summed E-state index contributed by atoms with van der Waals surface area (Å²) in [5.74, 6) is 0.750. The Hall–Kier alpha value is -1.49. The van der Waals surface area contributed by atoms with Crippen LogP contribution in [-0.2, 0) is 11.3 Å². The van der Waals surface area contributed by atoms with Crippen molar-refractivity contribution in [2.75, 3.05) is 13.1 Å². The van der Waals surface area contributed by atoms with Crippen molar-refractivity contribution in [3.8, 4) is 0 Å². The molecule has 2 heterocycles. The van der Waals surface area contributed by atoms with Gasteiger partial charge in [-0.15, -0.1) is 0 Å². The lowest BCUT2D eigenvalue weighted by molar-refractivity contribution is 0.133. The van der Waals surface area contributed by atoms with Gasteiger partial charge in [-0.25, -0.2) is 4.79 Å². The van der Waals surface area contributed by atoms with Crippen molar-refractivity contribution in [1.29, 1.82) is 0 Å². The van der Waals surface area contributed by atoms with E-state index < -0.39 is 0 Å². The zero-order valence-corrected chi connectivity index (χ0v) is 7.68. The monoisotopic (exact) mass is 196 g/mol. The normalized spacial score (nSPS) is 21.4. The molecule has 2 rings (SSSR count). The summed E-state index contributed by atoms with van der Waals surface area (Å²) in [6.45, 7) is 1.35. The number of carbonyl (C=O) groups is 1. The maximum Gasteiger partial charge on any atom is 0.410 e. The first-order valence-corrected chi connectivity index (χ1v) is 4.47. The number of amides is 1. The third-order valence-corrected chi connectivity index (χ3v) is 2.14. The Labute approximate surface area is 81.4 Å². The van der Waals surface area contributed by atoms with Crippen molar-refractivity contribution in [2.24, 2.45) is 5.73 Å². The Morgan fingerprint density at radius 1 is 1.64 bits per heavy atom. The number of hydrogen-bond donors (Lipinski definition) is 1. The predicted octanol–water partition coefficient (Wildman–Crippen LogP) is 0.559. The van der Waals surface area contributed by atoms with Crippen LogP contribution in [0.25, 0.3) is 0 Å². The molecular weight excluding hydrogens is 184 g/mol. The van der Waals surface area contributed by atoms with Crippen molar-refractivity contribution in [3.05, 3.63) is 24.2 Å². The predicted molar refractivity (Wildman–Crippen MR) is 48.4 cm³/mol. The SMILES string of the molecule is NCC1CN(Cc2ccco2)C(=O)O1. The van der Waals surface area contributed by atoms with Crippen LogP contribution >= 0.6 is 0 Å². The van der Waals surface area contributed by atoms with E-state index in [1.165, 1.54) is 0 Å². The molecule has 1 atom stereocenters. The summed E-state index contributed by atoms with van der Waals surface area (Å²) in [6.07, 6.45) is 1.08. The Balaban J connectivity index is 1.96. The minimum Gasteiger partial charge on any atom is -0.467 e. The van der Waals surface area contributed by atoms with E-state index in [-0.39, 0.29) is 12.2 Å². The van der Waals surface area contributed by atoms with Gasteiger partial charge in [-0.05, 0) is 12.1 Å². The highest BCUT2D eigenvalue weighted by atomic mass is 16.6. The molecule has 1 aliphatic rings. The molecule has 1 unspecified atom stereocenters. The molecule has 5 heteroatoms. The van der Waals surface area contributed by atoms with Crippen molar-refractivity contribution in [3.63, 3.8) is 0 Å². The molecule has 0 aromatic carbocycles. The summed E-state index contributed by atoms with van der Waals surface area (Å²) >= 11 is 0. The number of hydrogen-bond acceptors (Lipinski definition) is 4. The van der Waals surface area contributed by atoms with Gasteiger partial charge >= 0.3 is 6.09 Å². The fourth-order valence-corrected chi connectivity index (χ4v) is 1.42. The van der Waals surface area contributed by atoms with E-state index in [2.05, 4.69) is 0 Å². The number of nitrogens with zero attached hydrogens (tertiary/aromatic N) is 1. The van der Waals surface area contributed by atoms with Crippen molar-refractivity contribution >= 4 is 6.09 Å². The minimum atomic E-state index is -0.322. The van der Waals surface area contributed by atoms with Crippen molar-refractivity contribution < 1.29 is 13.9 Å². The van der Waals surface area contributed by atoms with Gasteiger partial charge in [0.05, 0.1) is 19.4 Å². The van der Waals surface area contributed by atoms with Crippen LogP contribution in [-0.4, -0.2) is 30.2 Å². The molecule has 0 spiro atoms. The Bertz CT molecular complexity index is 310. The van der Waals surface area contributed by atoms with Gasteiger partial charge in [-0.1, -0.05) is 0 Å². The van der Waals surface area contributed by atoms with Crippen molar-refractivity contribution in [2.45, 2.75) is 12.6 Å². The molecular formula is C9H12N2O3. The first kappa shape index (κ1) is 9.08. The lowest BCUT2D eigenvalue weighted by Gasteiger charge is -2.09. The topological polar surface area (TPSA) is 68.7 Å². The summed E-state index contributed by atoms with van der Waals surface area (Å²) in [7, 11) is 0. The quantitative estimate of drug-likeness (QED) is 0.766. The zero-order valence-electron chi connectivity index (χ0n) is 7.68. The van der Waals surface area contributed by atoms with Gasteiger partial charge in [0.25, 0.3) is 0 Å². The summed E-state index contributed by atoms with van der Waals surface area (Å²) in [5, 5.41) is 0. The van der Waals surface area contributed by atoms with Gasteiger partial charge in [-0.2, -0.15) is 0 Å². The third-order valence-electron chi connectivity index (χ3n) is 2.14. The maximum absolute atomic E-state index is 11.3. The number of cyclic esters (lactones) is 1. The lowest BCUT2D eigenvalue weighted by Crippen LogP contribution is -2.27. The number of ether oxygens (including phenoxy) is 1. The Kier molecular flexibility index (Phi) is 2.41. The van der Waals surface area contributed by atoms with E-state index in [9.17, 15) is 4.79 Å². The number of nitrogens with two attached hydrogens (primary N) is 1. The molecule has 0 saturated carbocycles. The number of carbonyl (C=O) groups excluding carboxylic acids is 1. The van der Waals surface area contributed by atoms with Crippen LogP contribution < -0.4 is 5.73 Å². The fraction of sp³-hybridized carbons (Fsp3) is 0.444. The van der Waals surface area contributed by atoms with Crippen LogP contribution in [0.4, 0.5) is 4.79 Å². The average Bonchev–Trinajstić information content (AvgIpc) is 2.78. The highest BCUT2D eigenvalue weighted by Gasteiger charge is 2.30. The number of rotatable bonds is 3. The summed E-state index contributed by atoms with van der Waals surface area (Å²) in [6, 6.07) is 3.61. The second kappa shape index (κ2) is 3.71. The molecule has 1 aliphatic heterocycles. The fourth-order valence-electron chi connectivity index (χ4n) is 1.42. The molecule has 76 valence electrons. The molecule has 1 fully saturated rings. The highest BCUT2D eigenvalue weighted by Crippen LogP contribution is 2.14. The highest BCUT2D eigenvalue weighted by molar-refractivity contribution is 5.69. The van der Waals surface area contributed by atoms with Crippen molar-refractivity contribution in [1.82, 2.24) is 4.90 Å². The summed E-state index contributed by atoms with van der Waals surface area (Å²) < 4.78 is 10.1. The molecule has 0 radical (unpaired) electrons. The van der Waals surface area contributed by atoms with Gasteiger partial charge in [0.15, 0.2) is 0 Å². The third kappa shape index (κ3) is 1.72.